The molecular formula is C20H24ClF6N3O6. The fourth-order valence-electron chi connectivity index (χ4n) is 3.23. The van der Waals surface area contributed by atoms with E-state index in [4.69, 9.17) is 0 Å². The van der Waals surface area contributed by atoms with Crippen molar-refractivity contribution in [2.75, 3.05) is 19.8 Å². The van der Waals surface area contributed by atoms with Gasteiger partial charge in [-0.25, -0.2) is 9.59 Å². The van der Waals surface area contributed by atoms with E-state index in [1.165, 1.54) is 4.90 Å². The van der Waals surface area contributed by atoms with Gasteiger partial charge in [-0.05, 0) is 50.3 Å². The average molecular weight is 552 g/mol. The second-order valence-electron chi connectivity index (χ2n) is 8.11. The zero-order chi connectivity index (χ0) is 27.8. The van der Waals surface area contributed by atoms with Crippen LogP contribution >= 0.6 is 11.6 Å². The maximum atomic E-state index is 12.4. The van der Waals surface area contributed by atoms with Crippen LogP contribution in [0.5, 0.6) is 0 Å². The molecule has 2 rings (SSSR count). The minimum atomic E-state index is -4.67. The molecule has 1 aromatic heterocycles. The number of carbonyl (C=O) groups excluding carboxylic acids is 4. The SMILES string of the molecule is CC(C)n1nccc1[C@H]1CC[C@@H](C)CN1C(=O)C(=O)OCC(F)(F)F.O=C(Cl)C(=O)OCC(F)(F)F. The second-order valence-corrected chi connectivity index (χ2v) is 8.45. The molecule has 16 heteroatoms. The summed E-state index contributed by atoms with van der Waals surface area (Å²) in [5.41, 5.74) is 0.763. The van der Waals surface area contributed by atoms with Gasteiger partial charge < -0.3 is 14.4 Å². The molecule has 0 radical (unpaired) electrons. The van der Waals surface area contributed by atoms with Gasteiger partial charge in [0.05, 0.1) is 11.7 Å². The van der Waals surface area contributed by atoms with Crippen molar-refractivity contribution in [3.8, 4) is 0 Å². The van der Waals surface area contributed by atoms with Gasteiger partial charge in [-0.15, -0.1) is 0 Å². The van der Waals surface area contributed by atoms with Crippen LogP contribution in [0.1, 0.15) is 51.4 Å². The number of hydrogen-bond donors (Lipinski definition) is 0. The lowest BCUT2D eigenvalue weighted by Crippen LogP contribution is -2.46. The Balaban J connectivity index is 0.000000497. The van der Waals surface area contributed by atoms with Crippen molar-refractivity contribution in [2.24, 2.45) is 5.92 Å². The van der Waals surface area contributed by atoms with Crippen molar-refractivity contribution in [1.29, 1.82) is 0 Å². The molecule has 36 heavy (non-hydrogen) atoms. The number of alkyl halides is 6. The van der Waals surface area contributed by atoms with E-state index in [0.717, 1.165) is 12.1 Å². The van der Waals surface area contributed by atoms with Crippen molar-refractivity contribution in [3.63, 3.8) is 0 Å². The number of aromatic nitrogens is 2. The normalized spacial score (nSPS) is 18.2. The van der Waals surface area contributed by atoms with Crippen LogP contribution in [0.15, 0.2) is 12.3 Å². The minimum absolute atomic E-state index is 0.0542. The van der Waals surface area contributed by atoms with Crippen molar-refractivity contribution >= 4 is 34.7 Å². The Bertz CT molecular complexity index is 934. The lowest BCUT2D eigenvalue weighted by atomic mass is 9.92. The quantitative estimate of drug-likeness (QED) is 0.237. The zero-order valence-electron chi connectivity index (χ0n) is 19.4. The number of ether oxygens (including phenoxy) is 2. The van der Waals surface area contributed by atoms with Crippen molar-refractivity contribution in [3.05, 3.63) is 18.0 Å². The van der Waals surface area contributed by atoms with Gasteiger partial charge in [0.2, 0.25) is 0 Å². The highest BCUT2D eigenvalue weighted by Gasteiger charge is 2.38. The zero-order valence-corrected chi connectivity index (χ0v) is 20.1. The fourth-order valence-corrected chi connectivity index (χ4v) is 3.29. The summed E-state index contributed by atoms with van der Waals surface area (Å²) in [5.74, 6) is -4.08. The molecule has 204 valence electrons. The van der Waals surface area contributed by atoms with Crippen LogP contribution in [0.4, 0.5) is 26.3 Å². The van der Waals surface area contributed by atoms with Gasteiger partial charge in [-0.3, -0.25) is 14.3 Å². The molecule has 2 atom stereocenters. The smallest absolute Gasteiger partial charge is 0.422 e. The maximum Gasteiger partial charge on any atom is 0.422 e. The van der Waals surface area contributed by atoms with Gasteiger partial charge in [0.1, 0.15) is 0 Å². The van der Waals surface area contributed by atoms with Gasteiger partial charge in [0, 0.05) is 18.8 Å². The summed E-state index contributed by atoms with van der Waals surface area (Å²) >= 11 is 4.48. The van der Waals surface area contributed by atoms with E-state index in [2.05, 4.69) is 26.2 Å². The second kappa shape index (κ2) is 12.9. The molecule has 1 fully saturated rings. The minimum Gasteiger partial charge on any atom is -0.449 e. The first kappa shape index (κ1) is 31.2. The van der Waals surface area contributed by atoms with E-state index in [1.54, 1.807) is 16.9 Å². The Hall–Kier alpha value is -2.84. The molecule has 1 aliphatic heterocycles. The first-order valence-electron chi connectivity index (χ1n) is 10.4. The van der Waals surface area contributed by atoms with Crippen LogP contribution in [0.2, 0.25) is 0 Å². The average Bonchev–Trinajstić information content (AvgIpc) is 3.24. The highest BCUT2D eigenvalue weighted by atomic mass is 35.5. The molecule has 1 amide bonds. The standard InChI is InChI=1S/C16H22F3N3O3.C4H2ClF3O3/c1-10(2)22-13(6-7-20-22)12-5-4-11(3)8-21(12)14(23)15(24)25-9-16(17,18)19;5-2(9)3(10)11-1-4(6,7)8/h6-7,10-12H,4-5,8-9H2,1-3H3;1H2/t11-,12-;/m1./s1. The van der Waals surface area contributed by atoms with Gasteiger partial charge in [0.15, 0.2) is 13.2 Å². The summed E-state index contributed by atoms with van der Waals surface area (Å²) in [6.07, 6.45) is -6.24. The third-order valence-corrected chi connectivity index (χ3v) is 4.83. The number of piperidine rings is 1. The number of rotatable bonds is 5. The third kappa shape index (κ3) is 10.4. The first-order chi connectivity index (χ1) is 16.4. The van der Waals surface area contributed by atoms with Crippen LogP contribution in [0, 0.1) is 5.92 Å². The molecule has 0 aliphatic carbocycles. The van der Waals surface area contributed by atoms with Crippen LogP contribution in [-0.4, -0.2) is 69.9 Å². The summed E-state index contributed by atoms with van der Waals surface area (Å²) in [5, 5.41) is 2.66. The number of esters is 2. The Labute approximate surface area is 206 Å². The lowest BCUT2D eigenvalue weighted by molar-refractivity contribution is -0.190. The Kier molecular flexibility index (Phi) is 11.2. The van der Waals surface area contributed by atoms with E-state index in [-0.39, 0.29) is 18.5 Å². The number of nitrogens with zero attached hydrogens (tertiary/aromatic N) is 3. The van der Waals surface area contributed by atoms with Crippen LogP contribution in [0.25, 0.3) is 0 Å². The predicted molar refractivity (Wildman–Crippen MR) is 110 cm³/mol. The van der Waals surface area contributed by atoms with E-state index in [0.29, 0.717) is 6.42 Å². The van der Waals surface area contributed by atoms with Gasteiger partial charge in [0.25, 0.3) is 0 Å². The summed E-state index contributed by atoms with van der Waals surface area (Å²) in [7, 11) is 0. The molecule has 1 saturated heterocycles. The third-order valence-electron chi connectivity index (χ3n) is 4.68. The highest BCUT2D eigenvalue weighted by molar-refractivity contribution is 6.80. The van der Waals surface area contributed by atoms with E-state index in [9.17, 15) is 45.5 Å². The Morgan fingerprint density at radius 3 is 2.03 bits per heavy atom. The molecule has 0 saturated carbocycles. The highest BCUT2D eigenvalue weighted by Crippen LogP contribution is 2.34. The largest absolute Gasteiger partial charge is 0.449 e. The molecule has 0 spiro atoms. The molecule has 1 aliphatic rings. The van der Waals surface area contributed by atoms with Crippen LogP contribution < -0.4 is 0 Å². The number of halogens is 7. The van der Waals surface area contributed by atoms with Gasteiger partial charge in [-0.2, -0.15) is 31.4 Å². The monoisotopic (exact) mass is 551 g/mol. The number of amides is 1. The predicted octanol–water partition coefficient (Wildman–Crippen LogP) is 3.73. The van der Waals surface area contributed by atoms with Gasteiger partial charge >= 0.3 is 35.4 Å². The van der Waals surface area contributed by atoms with E-state index >= 15 is 0 Å². The summed E-state index contributed by atoms with van der Waals surface area (Å²) < 4.78 is 79.7. The fraction of sp³-hybridized carbons (Fsp3) is 0.650. The molecule has 2 heterocycles. The van der Waals surface area contributed by atoms with Crippen molar-refractivity contribution < 1.29 is 55.0 Å². The molecule has 0 bridgehead atoms. The van der Waals surface area contributed by atoms with E-state index in [1.807, 2.05) is 20.8 Å². The lowest BCUT2D eigenvalue weighted by Gasteiger charge is -2.38. The van der Waals surface area contributed by atoms with Crippen molar-refractivity contribution in [1.82, 2.24) is 14.7 Å². The number of carbonyl (C=O) groups is 4. The molecule has 0 aromatic carbocycles. The summed E-state index contributed by atoms with van der Waals surface area (Å²) in [6, 6.07) is 1.41. The summed E-state index contributed by atoms with van der Waals surface area (Å²) in [6.45, 7) is 2.52. The molecule has 1 aromatic rings. The molecule has 0 N–H and O–H groups in total. The maximum absolute atomic E-state index is 12.4. The first-order valence-corrected chi connectivity index (χ1v) is 10.8. The van der Waals surface area contributed by atoms with Gasteiger partial charge in [-0.1, -0.05) is 6.92 Å². The molecule has 0 unspecified atom stereocenters. The van der Waals surface area contributed by atoms with Crippen LogP contribution in [-0.2, 0) is 28.7 Å². The molecular weight excluding hydrogens is 528 g/mol. The topological polar surface area (TPSA) is 108 Å². The van der Waals surface area contributed by atoms with Crippen molar-refractivity contribution in [2.45, 2.75) is 58.0 Å². The van der Waals surface area contributed by atoms with E-state index < -0.39 is 54.7 Å². The number of hydrogen-bond acceptors (Lipinski definition) is 7. The number of likely N-dealkylation sites (tertiary alicyclic amines) is 1. The van der Waals surface area contributed by atoms with Crippen LogP contribution in [0.3, 0.4) is 0 Å². The molecule has 9 nitrogen and oxygen atoms in total. The Morgan fingerprint density at radius 2 is 1.56 bits per heavy atom. The Morgan fingerprint density at radius 1 is 1.03 bits per heavy atom. The summed E-state index contributed by atoms with van der Waals surface area (Å²) in [4.78, 5) is 45.3.